The number of nitrogens with two attached hydrogens (primary N) is 1. The third-order valence-electron chi connectivity index (χ3n) is 2.35. The minimum absolute atomic E-state index is 0. The number of carbonyl (C=O) groups is 1. The molecule has 6 heteroatoms. The van der Waals surface area contributed by atoms with Crippen LogP contribution >= 0.6 is 12.4 Å². The smallest absolute Gasteiger partial charge is 0.242 e. The van der Waals surface area contributed by atoms with E-state index in [-0.39, 0.29) is 24.4 Å². The van der Waals surface area contributed by atoms with Crippen molar-refractivity contribution < 1.29 is 4.79 Å². The second kappa shape index (κ2) is 7.29. The van der Waals surface area contributed by atoms with Gasteiger partial charge in [-0.1, -0.05) is 13.3 Å². The summed E-state index contributed by atoms with van der Waals surface area (Å²) in [6.07, 6.45) is 3.26. The largest absolute Gasteiger partial charge is 0.320 e. The predicted molar refractivity (Wildman–Crippen MR) is 71.4 cm³/mol. The van der Waals surface area contributed by atoms with E-state index in [1.54, 1.807) is 16.9 Å². The molecule has 0 aromatic carbocycles. The maximum atomic E-state index is 11.7. The van der Waals surface area contributed by atoms with Crippen molar-refractivity contribution in [1.82, 2.24) is 9.78 Å². The van der Waals surface area contributed by atoms with Gasteiger partial charge in [0.2, 0.25) is 5.91 Å². The van der Waals surface area contributed by atoms with Gasteiger partial charge in [0, 0.05) is 12.1 Å². The molecule has 1 rings (SSSR count). The lowest BCUT2D eigenvalue weighted by atomic mass is 10.2. The highest BCUT2D eigenvalue weighted by molar-refractivity contribution is 5.93. The maximum absolute atomic E-state index is 11.7. The SMILES string of the molecule is CCCC(N)C(=O)Nc1ccnn1C(C)C.Cl. The van der Waals surface area contributed by atoms with Crippen LogP contribution in [0.15, 0.2) is 12.3 Å². The molecule has 1 heterocycles. The zero-order chi connectivity index (χ0) is 12.1. The van der Waals surface area contributed by atoms with Gasteiger partial charge in [-0.3, -0.25) is 4.79 Å². The Kier molecular flexibility index (Phi) is 6.83. The van der Waals surface area contributed by atoms with Crippen molar-refractivity contribution in [3.8, 4) is 0 Å². The van der Waals surface area contributed by atoms with E-state index in [1.807, 2.05) is 20.8 Å². The van der Waals surface area contributed by atoms with Crippen LogP contribution in [0.25, 0.3) is 0 Å². The Morgan fingerprint density at radius 2 is 2.24 bits per heavy atom. The van der Waals surface area contributed by atoms with Crippen LogP contribution in [0.1, 0.15) is 39.7 Å². The van der Waals surface area contributed by atoms with Gasteiger partial charge in [0.1, 0.15) is 5.82 Å². The third-order valence-corrected chi connectivity index (χ3v) is 2.35. The van der Waals surface area contributed by atoms with Crippen LogP contribution in [0.3, 0.4) is 0 Å². The summed E-state index contributed by atoms with van der Waals surface area (Å²) >= 11 is 0. The fourth-order valence-electron chi connectivity index (χ4n) is 1.49. The molecule has 0 aliphatic carbocycles. The maximum Gasteiger partial charge on any atom is 0.242 e. The van der Waals surface area contributed by atoms with Gasteiger partial charge in [-0.05, 0) is 20.3 Å². The molecule has 1 amide bonds. The molecule has 17 heavy (non-hydrogen) atoms. The Bertz CT molecular complexity index is 351. The van der Waals surface area contributed by atoms with Gasteiger partial charge in [-0.15, -0.1) is 12.4 Å². The van der Waals surface area contributed by atoms with Gasteiger partial charge in [0.25, 0.3) is 0 Å². The first kappa shape index (κ1) is 15.9. The van der Waals surface area contributed by atoms with Gasteiger partial charge in [0.15, 0.2) is 0 Å². The molecule has 1 unspecified atom stereocenters. The van der Waals surface area contributed by atoms with Crippen molar-refractivity contribution >= 4 is 24.1 Å². The van der Waals surface area contributed by atoms with Crippen molar-refractivity contribution in [1.29, 1.82) is 0 Å². The highest BCUT2D eigenvalue weighted by atomic mass is 35.5. The van der Waals surface area contributed by atoms with E-state index in [2.05, 4.69) is 10.4 Å². The van der Waals surface area contributed by atoms with Crippen LogP contribution in [0.4, 0.5) is 5.82 Å². The summed E-state index contributed by atoms with van der Waals surface area (Å²) < 4.78 is 1.76. The fraction of sp³-hybridized carbons (Fsp3) is 0.636. The first-order chi connectivity index (χ1) is 7.56. The van der Waals surface area contributed by atoms with Crippen LogP contribution in [-0.2, 0) is 4.79 Å². The van der Waals surface area contributed by atoms with Crippen molar-refractivity contribution in [3.63, 3.8) is 0 Å². The summed E-state index contributed by atoms with van der Waals surface area (Å²) in [4.78, 5) is 11.7. The molecule has 1 atom stereocenters. The molecule has 1 aromatic heterocycles. The van der Waals surface area contributed by atoms with Crippen molar-refractivity contribution in [3.05, 3.63) is 12.3 Å². The number of hydrogen-bond acceptors (Lipinski definition) is 3. The number of rotatable bonds is 5. The predicted octanol–water partition coefficient (Wildman–Crippen LogP) is 1.95. The molecule has 0 fully saturated rings. The standard InChI is InChI=1S/C11H20N4O.ClH/c1-4-5-9(12)11(16)14-10-6-7-13-15(10)8(2)3;/h6-9H,4-5,12H2,1-3H3,(H,14,16);1H. The second-order valence-electron chi connectivity index (χ2n) is 4.14. The molecule has 0 saturated heterocycles. The number of nitrogens with one attached hydrogen (secondary N) is 1. The van der Waals surface area contributed by atoms with Crippen molar-refractivity contribution in [2.45, 2.75) is 45.7 Å². The number of nitrogens with zero attached hydrogens (tertiary/aromatic N) is 2. The lowest BCUT2D eigenvalue weighted by molar-refractivity contribution is -0.117. The van der Waals surface area contributed by atoms with E-state index < -0.39 is 6.04 Å². The number of hydrogen-bond donors (Lipinski definition) is 2. The fourth-order valence-corrected chi connectivity index (χ4v) is 1.49. The number of aromatic nitrogens is 2. The Balaban J connectivity index is 0.00000256. The number of amides is 1. The van der Waals surface area contributed by atoms with E-state index in [0.29, 0.717) is 12.2 Å². The highest BCUT2D eigenvalue weighted by Gasteiger charge is 2.15. The van der Waals surface area contributed by atoms with Gasteiger partial charge in [-0.2, -0.15) is 5.10 Å². The lowest BCUT2D eigenvalue weighted by Crippen LogP contribution is -2.36. The molecule has 1 aromatic rings. The summed E-state index contributed by atoms with van der Waals surface area (Å²) in [7, 11) is 0. The zero-order valence-electron chi connectivity index (χ0n) is 10.5. The molecule has 0 saturated carbocycles. The van der Waals surface area contributed by atoms with Crippen LogP contribution in [-0.4, -0.2) is 21.7 Å². The second-order valence-corrected chi connectivity index (χ2v) is 4.14. The van der Waals surface area contributed by atoms with Crippen LogP contribution in [0.2, 0.25) is 0 Å². The Hall–Kier alpha value is -1.07. The van der Waals surface area contributed by atoms with E-state index >= 15 is 0 Å². The molecule has 3 N–H and O–H groups in total. The van der Waals surface area contributed by atoms with E-state index in [9.17, 15) is 4.79 Å². The average Bonchev–Trinajstić information content (AvgIpc) is 2.66. The van der Waals surface area contributed by atoms with E-state index in [4.69, 9.17) is 5.73 Å². The van der Waals surface area contributed by atoms with Crippen LogP contribution in [0, 0.1) is 0 Å². The molecule has 5 nitrogen and oxygen atoms in total. The first-order valence-corrected chi connectivity index (χ1v) is 5.66. The molecular weight excluding hydrogens is 240 g/mol. The summed E-state index contributed by atoms with van der Waals surface area (Å²) in [5.74, 6) is 0.552. The molecular formula is C11H21ClN4O. The van der Waals surface area contributed by atoms with Gasteiger partial charge >= 0.3 is 0 Å². The number of carbonyl (C=O) groups excluding carboxylic acids is 1. The monoisotopic (exact) mass is 260 g/mol. The molecule has 0 aliphatic heterocycles. The first-order valence-electron chi connectivity index (χ1n) is 5.66. The molecule has 0 bridgehead atoms. The topological polar surface area (TPSA) is 72.9 Å². The molecule has 0 spiro atoms. The summed E-state index contributed by atoms with van der Waals surface area (Å²) in [6, 6.07) is 1.55. The van der Waals surface area contributed by atoms with Crippen molar-refractivity contribution in [2.75, 3.05) is 5.32 Å². The Morgan fingerprint density at radius 3 is 2.76 bits per heavy atom. The normalized spacial score (nSPS) is 12.1. The lowest BCUT2D eigenvalue weighted by Gasteiger charge is -2.14. The minimum Gasteiger partial charge on any atom is -0.320 e. The summed E-state index contributed by atoms with van der Waals surface area (Å²) in [5.41, 5.74) is 5.73. The molecule has 0 aliphatic rings. The van der Waals surface area contributed by atoms with E-state index in [0.717, 1.165) is 6.42 Å². The summed E-state index contributed by atoms with van der Waals surface area (Å²) in [5, 5.41) is 6.93. The number of anilines is 1. The van der Waals surface area contributed by atoms with Gasteiger partial charge < -0.3 is 11.1 Å². The highest BCUT2D eigenvalue weighted by Crippen LogP contribution is 2.13. The van der Waals surface area contributed by atoms with Crippen LogP contribution in [0.5, 0.6) is 0 Å². The Morgan fingerprint density at radius 1 is 1.59 bits per heavy atom. The van der Waals surface area contributed by atoms with E-state index in [1.165, 1.54) is 0 Å². The van der Waals surface area contributed by atoms with Gasteiger partial charge in [0.05, 0.1) is 12.2 Å². The zero-order valence-corrected chi connectivity index (χ0v) is 11.3. The van der Waals surface area contributed by atoms with Crippen molar-refractivity contribution in [2.24, 2.45) is 5.73 Å². The Labute approximate surface area is 108 Å². The molecule has 98 valence electrons. The van der Waals surface area contributed by atoms with Crippen LogP contribution < -0.4 is 11.1 Å². The summed E-state index contributed by atoms with van der Waals surface area (Å²) in [6.45, 7) is 6.02. The average molecular weight is 261 g/mol. The molecule has 0 radical (unpaired) electrons. The third kappa shape index (κ3) is 4.36. The van der Waals surface area contributed by atoms with Gasteiger partial charge in [-0.25, -0.2) is 4.68 Å². The minimum atomic E-state index is -0.444. The number of halogens is 1. The quantitative estimate of drug-likeness (QED) is 0.850.